The Labute approximate surface area is 110 Å². The molecule has 0 aliphatic carbocycles. The number of nitrogens with one attached hydrogen (secondary N) is 1. The van der Waals surface area contributed by atoms with Crippen molar-refractivity contribution in [3.05, 3.63) is 0 Å². The summed E-state index contributed by atoms with van der Waals surface area (Å²) < 4.78 is 5.28. The standard InChI is InChI=1S/C14H26N2O2/c1-3-18-7-6-16(2)14(17)10-11-8-12-4-5-13(9-11)15-12/h11-13,15H,3-10H2,1-2H3. The molecule has 0 saturated carbocycles. The molecule has 2 aliphatic heterocycles. The molecule has 0 aromatic carbocycles. The molecule has 0 spiro atoms. The van der Waals surface area contributed by atoms with Gasteiger partial charge in [0.2, 0.25) is 5.91 Å². The number of nitrogens with zero attached hydrogens (tertiary/aromatic N) is 1. The van der Waals surface area contributed by atoms with E-state index in [0.29, 0.717) is 31.2 Å². The van der Waals surface area contributed by atoms with Crippen LogP contribution in [0.3, 0.4) is 0 Å². The topological polar surface area (TPSA) is 41.6 Å². The van der Waals surface area contributed by atoms with Crippen LogP contribution in [0.1, 0.15) is 39.0 Å². The molecule has 2 rings (SSSR count). The van der Waals surface area contributed by atoms with E-state index < -0.39 is 0 Å². The molecule has 104 valence electrons. The van der Waals surface area contributed by atoms with Crippen LogP contribution in [0.2, 0.25) is 0 Å². The number of fused-ring (bicyclic) bond motifs is 2. The van der Waals surface area contributed by atoms with Crippen LogP contribution in [-0.4, -0.2) is 49.7 Å². The van der Waals surface area contributed by atoms with E-state index in [9.17, 15) is 4.79 Å². The molecule has 1 amide bonds. The maximum Gasteiger partial charge on any atom is 0.222 e. The van der Waals surface area contributed by atoms with Gasteiger partial charge in [-0.3, -0.25) is 4.79 Å². The third kappa shape index (κ3) is 3.69. The lowest BCUT2D eigenvalue weighted by molar-refractivity contribution is -0.131. The van der Waals surface area contributed by atoms with Crippen molar-refractivity contribution in [2.45, 2.75) is 51.1 Å². The smallest absolute Gasteiger partial charge is 0.222 e. The predicted molar refractivity (Wildman–Crippen MR) is 71.4 cm³/mol. The Morgan fingerprint density at radius 1 is 1.33 bits per heavy atom. The maximum atomic E-state index is 12.1. The van der Waals surface area contributed by atoms with Crippen LogP contribution in [-0.2, 0) is 9.53 Å². The Balaban J connectivity index is 1.70. The third-order valence-electron chi connectivity index (χ3n) is 4.23. The van der Waals surface area contributed by atoms with E-state index in [2.05, 4.69) is 5.32 Å². The number of carbonyl (C=O) groups excluding carboxylic acids is 1. The molecule has 2 heterocycles. The molecule has 2 unspecified atom stereocenters. The fourth-order valence-electron chi connectivity index (χ4n) is 3.22. The first-order valence-electron chi connectivity index (χ1n) is 7.26. The van der Waals surface area contributed by atoms with Crippen molar-refractivity contribution in [2.75, 3.05) is 26.8 Å². The fourth-order valence-corrected chi connectivity index (χ4v) is 3.22. The van der Waals surface area contributed by atoms with Crippen molar-refractivity contribution in [1.29, 1.82) is 0 Å². The molecule has 0 aromatic heterocycles. The summed E-state index contributed by atoms with van der Waals surface area (Å²) in [7, 11) is 1.89. The van der Waals surface area contributed by atoms with Gasteiger partial charge >= 0.3 is 0 Å². The van der Waals surface area contributed by atoms with Crippen LogP contribution < -0.4 is 5.32 Å². The lowest BCUT2D eigenvalue weighted by atomic mass is 9.89. The lowest BCUT2D eigenvalue weighted by Crippen LogP contribution is -2.40. The Bertz CT molecular complexity index is 271. The van der Waals surface area contributed by atoms with E-state index in [1.54, 1.807) is 0 Å². The van der Waals surface area contributed by atoms with E-state index in [1.165, 1.54) is 25.7 Å². The SMILES string of the molecule is CCOCCN(C)C(=O)CC1CC2CCC(C1)N2. The van der Waals surface area contributed by atoms with Gasteiger partial charge in [0.25, 0.3) is 0 Å². The highest BCUT2D eigenvalue weighted by Gasteiger charge is 2.34. The van der Waals surface area contributed by atoms with Gasteiger partial charge in [-0.05, 0) is 38.5 Å². The molecule has 2 aliphatic rings. The molecule has 2 fully saturated rings. The van der Waals surface area contributed by atoms with Gasteiger partial charge in [0.1, 0.15) is 0 Å². The second kappa shape index (κ2) is 6.53. The number of hydrogen-bond acceptors (Lipinski definition) is 3. The Morgan fingerprint density at radius 3 is 2.61 bits per heavy atom. The van der Waals surface area contributed by atoms with Crippen molar-refractivity contribution >= 4 is 5.91 Å². The predicted octanol–water partition coefficient (Wildman–Crippen LogP) is 1.40. The minimum absolute atomic E-state index is 0.279. The molecule has 2 saturated heterocycles. The molecule has 4 heteroatoms. The van der Waals surface area contributed by atoms with Crippen LogP contribution in [0.15, 0.2) is 0 Å². The largest absolute Gasteiger partial charge is 0.380 e. The van der Waals surface area contributed by atoms with Crippen LogP contribution in [0, 0.1) is 5.92 Å². The Hall–Kier alpha value is -0.610. The van der Waals surface area contributed by atoms with Gasteiger partial charge in [-0.25, -0.2) is 0 Å². The second-order valence-corrected chi connectivity index (χ2v) is 5.69. The van der Waals surface area contributed by atoms with Crippen molar-refractivity contribution in [1.82, 2.24) is 10.2 Å². The number of ether oxygens (including phenoxy) is 1. The van der Waals surface area contributed by atoms with Crippen molar-refractivity contribution in [2.24, 2.45) is 5.92 Å². The molecule has 1 N–H and O–H groups in total. The normalized spacial score (nSPS) is 30.4. The number of piperidine rings is 1. The van der Waals surface area contributed by atoms with E-state index in [0.717, 1.165) is 13.0 Å². The monoisotopic (exact) mass is 254 g/mol. The minimum atomic E-state index is 0.279. The maximum absolute atomic E-state index is 12.1. The number of rotatable bonds is 6. The van der Waals surface area contributed by atoms with E-state index in [1.807, 2.05) is 18.9 Å². The van der Waals surface area contributed by atoms with Crippen LogP contribution in [0.5, 0.6) is 0 Å². The molecule has 0 radical (unpaired) electrons. The Morgan fingerprint density at radius 2 is 2.00 bits per heavy atom. The molecule has 4 nitrogen and oxygen atoms in total. The Kier molecular flexibility index (Phi) is 5.01. The average molecular weight is 254 g/mol. The first-order chi connectivity index (χ1) is 8.69. The summed E-state index contributed by atoms with van der Waals surface area (Å²) in [6, 6.07) is 1.35. The summed E-state index contributed by atoms with van der Waals surface area (Å²) in [6.45, 7) is 4.06. The second-order valence-electron chi connectivity index (χ2n) is 5.69. The van der Waals surface area contributed by atoms with Crippen molar-refractivity contribution in [3.8, 4) is 0 Å². The summed E-state index contributed by atoms with van der Waals surface area (Å²) in [5.41, 5.74) is 0. The molecular weight excluding hydrogens is 228 g/mol. The summed E-state index contributed by atoms with van der Waals surface area (Å²) in [4.78, 5) is 13.9. The fraction of sp³-hybridized carbons (Fsp3) is 0.929. The van der Waals surface area contributed by atoms with Gasteiger partial charge in [-0.2, -0.15) is 0 Å². The number of amides is 1. The molecular formula is C14H26N2O2. The highest BCUT2D eigenvalue weighted by Crippen LogP contribution is 2.32. The lowest BCUT2D eigenvalue weighted by Gasteiger charge is -2.29. The van der Waals surface area contributed by atoms with Gasteiger partial charge in [0, 0.05) is 38.7 Å². The average Bonchev–Trinajstić information content (AvgIpc) is 2.69. The van der Waals surface area contributed by atoms with Gasteiger partial charge in [-0.15, -0.1) is 0 Å². The number of likely N-dealkylation sites (N-methyl/N-ethyl adjacent to an activating group) is 1. The number of carbonyl (C=O) groups is 1. The zero-order valence-corrected chi connectivity index (χ0v) is 11.7. The quantitative estimate of drug-likeness (QED) is 0.729. The van der Waals surface area contributed by atoms with Gasteiger partial charge < -0.3 is 15.0 Å². The van der Waals surface area contributed by atoms with Gasteiger partial charge in [-0.1, -0.05) is 0 Å². The first kappa shape index (κ1) is 13.8. The van der Waals surface area contributed by atoms with Gasteiger partial charge in [0.15, 0.2) is 0 Å². The zero-order valence-electron chi connectivity index (χ0n) is 11.7. The van der Waals surface area contributed by atoms with Crippen molar-refractivity contribution < 1.29 is 9.53 Å². The van der Waals surface area contributed by atoms with Crippen LogP contribution in [0.25, 0.3) is 0 Å². The minimum Gasteiger partial charge on any atom is -0.380 e. The highest BCUT2D eigenvalue weighted by molar-refractivity contribution is 5.76. The van der Waals surface area contributed by atoms with E-state index in [-0.39, 0.29) is 5.91 Å². The van der Waals surface area contributed by atoms with E-state index >= 15 is 0 Å². The van der Waals surface area contributed by atoms with E-state index in [4.69, 9.17) is 4.74 Å². The van der Waals surface area contributed by atoms with Crippen LogP contribution >= 0.6 is 0 Å². The van der Waals surface area contributed by atoms with Gasteiger partial charge in [0.05, 0.1) is 6.61 Å². The van der Waals surface area contributed by atoms with Crippen LogP contribution in [0.4, 0.5) is 0 Å². The molecule has 2 atom stereocenters. The number of hydrogen-bond donors (Lipinski definition) is 1. The summed E-state index contributed by atoms with van der Waals surface area (Å²) in [6.07, 6.45) is 5.69. The molecule has 0 aromatic rings. The summed E-state index contributed by atoms with van der Waals surface area (Å²) >= 11 is 0. The molecule has 18 heavy (non-hydrogen) atoms. The summed E-state index contributed by atoms with van der Waals surface area (Å²) in [5.74, 6) is 0.867. The third-order valence-corrected chi connectivity index (χ3v) is 4.23. The molecule has 2 bridgehead atoms. The highest BCUT2D eigenvalue weighted by atomic mass is 16.5. The van der Waals surface area contributed by atoms with Crippen molar-refractivity contribution in [3.63, 3.8) is 0 Å². The zero-order chi connectivity index (χ0) is 13.0. The first-order valence-corrected chi connectivity index (χ1v) is 7.26. The summed E-state index contributed by atoms with van der Waals surface area (Å²) in [5, 5.41) is 3.62.